The van der Waals surface area contributed by atoms with Crippen molar-refractivity contribution in [2.75, 3.05) is 6.61 Å². The lowest BCUT2D eigenvalue weighted by Gasteiger charge is -2.11. The van der Waals surface area contributed by atoms with E-state index in [1.54, 1.807) is 60.7 Å². The van der Waals surface area contributed by atoms with Gasteiger partial charge in [0.2, 0.25) is 0 Å². The van der Waals surface area contributed by atoms with Gasteiger partial charge in [-0.2, -0.15) is 5.26 Å². The lowest BCUT2D eigenvalue weighted by Crippen LogP contribution is -1.97. The van der Waals surface area contributed by atoms with Crippen LogP contribution in [0.5, 0.6) is 5.75 Å². The molecule has 0 fully saturated rings. The summed E-state index contributed by atoms with van der Waals surface area (Å²) in [4.78, 5) is 0. The third-order valence-corrected chi connectivity index (χ3v) is 5.34. The molecule has 0 aliphatic carbocycles. The summed E-state index contributed by atoms with van der Waals surface area (Å²) in [6, 6.07) is 18.6. The maximum absolute atomic E-state index is 14.8. The van der Waals surface area contributed by atoms with Crippen LogP contribution in [0.1, 0.15) is 51.0 Å². The molecule has 2 nitrogen and oxygen atoms in total. The van der Waals surface area contributed by atoms with Gasteiger partial charge in [-0.1, -0.05) is 75.4 Å². The third kappa shape index (κ3) is 5.92. The van der Waals surface area contributed by atoms with Crippen LogP contribution in [-0.4, -0.2) is 6.61 Å². The lowest BCUT2D eigenvalue weighted by molar-refractivity contribution is 0.304. The molecule has 3 aromatic carbocycles. The monoisotopic (exact) mass is 419 g/mol. The van der Waals surface area contributed by atoms with Crippen LogP contribution in [0.15, 0.2) is 60.7 Å². The van der Waals surface area contributed by atoms with Gasteiger partial charge in [0.15, 0.2) is 11.6 Å². The highest BCUT2D eigenvalue weighted by Crippen LogP contribution is 2.32. The Bertz CT molecular complexity index is 1020. The SMILES string of the molecule is CCCCCCCCOc1ccc(-c2ccc(-c3ccc(C#N)cc3)c(F)c2F)cc1. The maximum atomic E-state index is 14.8. The maximum Gasteiger partial charge on any atom is 0.167 e. The molecule has 0 spiro atoms. The molecule has 4 heteroatoms. The Hall–Kier alpha value is -3.19. The van der Waals surface area contributed by atoms with Crippen LogP contribution in [0.3, 0.4) is 0 Å². The van der Waals surface area contributed by atoms with E-state index in [9.17, 15) is 8.78 Å². The number of nitriles is 1. The number of benzene rings is 3. The Labute approximate surface area is 183 Å². The average Bonchev–Trinajstić information content (AvgIpc) is 2.81. The van der Waals surface area contributed by atoms with Crippen molar-refractivity contribution in [3.8, 4) is 34.1 Å². The molecule has 0 saturated heterocycles. The molecule has 0 N–H and O–H groups in total. The van der Waals surface area contributed by atoms with Crippen LogP contribution >= 0.6 is 0 Å². The fraction of sp³-hybridized carbons (Fsp3) is 0.296. The van der Waals surface area contributed by atoms with Gasteiger partial charge in [0.05, 0.1) is 18.2 Å². The van der Waals surface area contributed by atoms with Crippen molar-refractivity contribution in [1.82, 2.24) is 0 Å². The summed E-state index contributed by atoms with van der Waals surface area (Å²) in [5.74, 6) is -1.05. The molecule has 0 heterocycles. The molecule has 0 radical (unpaired) electrons. The first-order chi connectivity index (χ1) is 15.1. The number of unbranched alkanes of at least 4 members (excludes halogenated alkanes) is 5. The van der Waals surface area contributed by atoms with Gasteiger partial charge >= 0.3 is 0 Å². The molecule has 3 aromatic rings. The van der Waals surface area contributed by atoms with E-state index in [0.717, 1.165) is 18.6 Å². The van der Waals surface area contributed by atoms with Crippen LogP contribution in [-0.2, 0) is 0 Å². The van der Waals surface area contributed by atoms with Crippen molar-refractivity contribution in [3.05, 3.63) is 77.9 Å². The van der Waals surface area contributed by atoms with Gasteiger partial charge in [-0.3, -0.25) is 0 Å². The van der Waals surface area contributed by atoms with Crippen molar-refractivity contribution in [1.29, 1.82) is 5.26 Å². The summed E-state index contributed by atoms with van der Waals surface area (Å²) < 4.78 is 35.3. The smallest absolute Gasteiger partial charge is 0.167 e. The van der Waals surface area contributed by atoms with E-state index in [1.165, 1.54) is 25.7 Å². The van der Waals surface area contributed by atoms with Crippen LogP contribution in [0.2, 0.25) is 0 Å². The Balaban J connectivity index is 1.64. The molecule has 0 unspecified atom stereocenters. The van der Waals surface area contributed by atoms with Gasteiger partial charge in [-0.05, 0) is 41.8 Å². The predicted octanol–water partition coefficient (Wildman–Crippen LogP) is 7.91. The second kappa shape index (κ2) is 11.3. The summed E-state index contributed by atoms with van der Waals surface area (Å²) in [5, 5.41) is 8.89. The largest absolute Gasteiger partial charge is 0.494 e. The summed E-state index contributed by atoms with van der Waals surface area (Å²) in [7, 11) is 0. The van der Waals surface area contributed by atoms with E-state index in [1.807, 2.05) is 6.07 Å². The number of rotatable bonds is 10. The minimum Gasteiger partial charge on any atom is -0.494 e. The minimum absolute atomic E-state index is 0.171. The minimum atomic E-state index is -0.898. The van der Waals surface area contributed by atoms with Gasteiger partial charge in [0.25, 0.3) is 0 Å². The van der Waals surface area contributed by atoms with Crippen molar-refractivity contribution < 1.29 is 13.5 Å². The Morgan fingerprint density at radius 3 is 1.77 bits per heavy atom. The summed E-state index contributed by atoms with van der Waals surface area (Å²) in [6.07, 6.45) is 7.21. The number of hydrogen-bond donors (Lipinski definition) is 0. The Morgan fingerprint density at radius 2 is 1.23 bits per heavy atom. The summed E-state index contributed by atoms with van der Waals surface area (Å²) in [5.41, 5.74) is 1.97. The Kier molecular flexibility index (Phi) is 8.18. The zero-order valence-electron chi connectivity index (χ0n) is 17.8. The molecule has 0 aliphatic rings. The Morgan fingerprint density at radius 1 is 0.710 bits per heavy atom. The van der Waals surface area contributed by atoms with Crippen molar-refractivity contribution >= 4 is 0 Å². The molecule has 0 aliphatic heterocycles. The molecule has 0 amide bonds. The van der Waals surface area contributed by atoms with Crippen LogP contribution < -0.4 is 4.74 Å². The quantitative estimate of drug-likeness (QED) is 0.313. The highest BCUT2D eigenvalue weighted by molar-refractivity contribution is 5.72. The molecule has 0 aromatic heterocycles. The molecule has 3 rings (SSSR count). The topological polar surface area (TPSA) is 33.0 Å². The van der Waals surface area contributed by atoms with E-state index < -0.39 is 11.6 Å². The number of nitrogens with zero attached hydrogens (tertiary/aromatic N) is 1. The fourth-order valence-corrected chi connectivity index (χ4v) is 3.52. The second-order valence-electron chi connectivity index (χ2n) is 7.62. The van der Waals surface area contributed by atoms with Crippen LogP contribution in [0.25, 0.3) is 22.3 Å². The van der Waals surface area contributed by atoms with E-state index in [0.29, 0.717) is 23.3 Å². The van der Waals surface area contributed by atoms with Crippen molar-refractivity contribution in [2.24, 2.45) is 0 Å². The highest BCUT2D eigenvalue weighted by Gasteiger charge is 2.16. The zero-order chi connectivity index (χ0) is 22.1. The van der Waals surface area contributed by atoms with Gasteiger partial charge < -0.3 is 4.74 Å². The number of halogens is 2. The van der Waals surface area contributed by atoms with Crippen LogP contribution in [0, 0.1) is 23.0 Å². The molecule has 31 heavy (non-hydrogen) atoms. The van der Waals surface area contributed by atoms with E-state index >= 15 is 0 Å². The van der Waals surface area contributed by atoms with Gasteiger partial charge in [-0.15, -0.1) is 0 Å². The first-order valence-electron chi connectivity index (χ1n) is 10.9. The van der Waals surface area contributed by atoms with Crippen LogP contribution in [0.4, 0.5) is 8.78 Å². The molecule has 0 bridgehead atoms. The first-order valence-corrected chi connectivity index (χ1v) is 10.9. The highest BCUT2D eigenvalue weighted by atomic mass is 19.2. The average molecular weight is 420 g/mol. The summed E-state index contributed by atoms with van der Waals surface area (Å²) >= 11 is 0. The molecule has 0 atom stereocenters. The summed E-state index contributed by atoms with van der Waals surface area (Å²) in [6.45, 7) is 2.87. The standard InChI is InChI=1S/C27H27F2NO/c1-2-3-4-5-6-7-18-31-23-14-12-22(13-15-23)25-17-16-24(26(28)27(25)29)21-10-8-20(19-30)9-11-21/h8-17H,2-7,18H2,1H3. The normalized spacial score (nSPS) is 10.6. The predicted molar refractivity (Wildman–Crippen MR) is 121 cm³/mol. The van der Waals surface area contributed by atoms with E-state index in [2.05, 4.69) is 6.92 Å². The second-order valence-corrected chi connectivity index (χ2v) is 7.62. The van der Waals surface area contributed by atoms with Crippen molar-refractivity contribution in [2.45, 2.75) is 45.4 Å². The van der Waals surface area contributed by atoms with Gasteiger partial charge in [-0.25, -0.2) is 8.78 Å². The molecule has 160 valence electrons. The fourth-order valence-electron chi connectivity index (χ4n) is 3.52. The van der Waals surface area contributed by atoms with Gasteiger partial charge in [0, 0.05) is 11.1 Å². The number of ether oxygens (including phenoxy) is 1. The van der Waals surface area contributed by atoms with E-state index in [4.69, 9.17) is 10.00 Å². The number of hydrogen-bond acceptors (Lipinski definition) is 2. The van der Waals surface area contributed by atoms with E-state index in [-0.39, 0.29) is 11.1 Å². The first kappa shape index (κ1) is 22.5. The third-order valence-electron chi connectivity index (χ3n) is 5.34. The zero-order valence-corrected chi connectivity index (χ0v) is 17.8. The lowest BCUT2D eigenvalue weighted by atomic mass is 9.98. The van der Waals surface area contributed by atoms with Crippen molar-refractivity contribution in [3.63, 3.8) is 0 Å². The molecular formula is C27H27F2NO. The molecular weight excluding hydrogens is 392 g/mol. The van der Waals surface area contributed by atoms with Gasteiger partial charge in [0.1, 0.15) is 5.75 Å². The molecule has 0 saturated carbocycles.